The first-order valence-electron chi connectivity index (χ1n) is 4.38. The van der Waals surface area contributed by atoms with E-state index in [1.54, 1.807) is 11.3 Å². The standard InChI is InChI=1S/C10H10N2S2/c11-9(13)5-6-10-12-7-3-1-2-4-8(7)14-10/h1-4H,5-6H2,(H2,11,13). The van der Waals surface area contributed by atoms with Crippen LogP contribution in [0.15, 0.2) is 24.3 Å². The van der Waals surface area contributed by atoms with E-state index in [9.17, 15) is 0 Å². The van der Waals surface area contributed by atoms with Gasteiger partial charge >= 0.3 is 0 Å². The Morgan fingerprint density at radius 1 is 1.43 bits per heavy atom. The highest BCUT2D eigenvalue weighted by atomic mass is 32.1. The van der Waals surface area contributed by atoms with E-state index in [1.165, 1.54) is 4.70 Å². The molecular formula is C10H10N2S2. The maximum atomic E-state index is 5.44. The molecule has 1 heterocycles. The van der Waals surface area contributed by atoms with Crippen molar-refractivity contribution in [1.82, 2.24) is 4.98 Å². The van der Waals surface area contributed by atoms with Gasteiger partial charge in [0, 0.05) is 12.8 Å². The molecule has 0 atom stereocenters. The molecule has 0 radical (unpaired) electrons. The monoisotopic (exact) mass is 222 g/mol. The number of thiocarbonyl (C=S) groups is 1. The fraction of sp³-hybridized carbons (Fsp3) is 0.200. The summed E-state index contributed by atoms with van der Waals surface area (Å²) in [5.41, 5.74) is 6.51. The number of hydrogen-bond donors (Lipinski definition) is 1. The lowest BCUT2D eigenvalue weighted by Crippen LogP contribution is -2.08. The van der Waals surface area contributed by atoms with Crippen molar-refractivity contribution in [2.24, 2.45) is 5.73 Å². The second kappa shape index (κ2) is 4.02. The molecule has 0 aliphatic heterocycles. The molecule has 72 valence electrons. The lowest BCUT2D eigenvalue weighted by Gasteiger charge is -1.92. The number of benzene rings is 1. The molecule has 0 bridgehead atoms. The Balaban J connectivity index is 2.22. The van der Waals surface area contributed by atoms with Crippen LogP contribution in [-0.4, -0.2) is 9.97 Å². The van der Waals surface area contributed by atoms with E-state index in [-0.39, 0.29) is 0 Å². The number of thiazole rings is 1. The third-order valence-electron chi connectivity index (χ3n) is 1.92. The number of fused-ring (bicyclic) bond motifs is 1. The highest BCUT2D eigenvalue weighted by Gasteiger charge is 2.02. The Morgan fingerprint density at radius 2 is 2.21 bits per heavy atom. The fourth-order valence-corrected chi connectivity index (χ4v) is 2.33. The van der Waals surface area contributed by atoms with Crippen molar-refractivity contribution in [1.29, 1.82) is 0 Å². The number of aryl methyl sites for hydroxylation is 1. The summed E-state index contributed by atoms with van der Waals surface area (Å²) < 4.78 is 1.23. The Morgan fingerprint density at radius 3 is 2.93 bits per heavy atom. The molecule has 0 aliphatic carbocycles. The van der Waals surface area contributed by atoms with E-state index < -0.39 is 0 Å². The third kappa shape index (κ3) is 2.08. The summed E-state index contributed by atoms with van der Waals surface area (Å²) in [6, 6.07) is 8.13. The van der Waals surface area contributed by atoms with Crippen LogP contribution in [0.25, 0.3) is 10.2 Å². The molecule has 2 rings (SSSR count). The van der Waals surface area contributed by atoms with Gasteiger partial charge in [0.05, 0.1) is 20.2 Å². The molecule has 0 saturated heterocycles. The van der Waals surface area contributed by atoms with Crippen LogP contribution in [0.4, 0.5) is 0 Å². The summed E-state index contributed by atoms with van der Waals surface area (Å²) in [4.78, 5) is 5.05. The average Bonchev–Trinajstić information content (AvgIpc) is 2.57. The number of para-hydroxylation sites is 1. The molecule has 2 aromatic rings. The Kier molecular flexibility index (Phi) is 2.74. The highest BCUT2D eigenvalue weighted by molar-refractivity contribution is 7.80. The summed E-state index contributed by atoms with van der Waals surface area (Å²) in [7, 11) is 0. The van der Waals surface area contributed by atoms with Crippen molar-refractivity contribution >= 4 is 38.8 Å². The zero-order chi connectivity index (χ0) is 9.97. The molecule has 2 nitrogen and oxygen atoms in total. The van der Waals surface area contributed by atoms with Crippen molar-refractivity contribution in [3.05, 3.63) is 29.3 Å². The van der Waals surface area contributed by atoms with Crippen LogP contribution in [0.1, 0.15) is 11.4 Å². The first kappa shape index (κ1) is 9.55. The van der Waals surface area contributed by atoms with Gasteiger partial charge in [0.15, 0.2) is 0 Å². The van der Waals surface area contributed by atoms with Gasteiger partial charge in [-0.2, -0.15) is 0 Å². The number of hydrogen-bond acceptors (Lipinski definition) is 3. The minimum absolute atomic E-state index is 0.559. The molecule has 0 spiro atoms. The summed E-state index contributed by atoms with van der Waals surface area (Å²) in [5, 5.41) is 1.11. The van der Waals surface area contributed by atoms with E-state index >= 15 is 0 Å². The average molecular weight is 222 g/mol. The Bertz CT molecular complexity index is 429. The molecule has 0 amide bonds. The van der Waals surface area contributed by atoms with Crippen molar-refractivity contribution in [2.45, 2.75) is 12.8 Å². The first-order valence-corrected chi connectivity index (χ1v) is 5.61. The lowest BCUT2D eigenvalue weighted by atomic mass is 10.3. The molecule has 1 aromatic heterocycles. The molecule has 0 fully saturated rings. The largest absolute Gasteiger partial charge is 0.393 e. The summed E-state index contributed by atoms with van der Waals surface area (Å²) in [5.74, 6) is 0. The molecule has 0 saturated carbocycles. The van der Waals surface area contributed by atoms with Gasteiger partial charge in [0.25, 0.3) is 0 Å². The van der Waals surface area contributed by atoms with Crippen LogP contribution in [0, 0.1) is 0 Å². The van der Waals surface area contributed by atoms with Gasteiger partial charge in [-0.05, 0) is 12.1 Å². The molecule has 0 unspecified atom stereocenters. The molecule has 1 aromatic carbocycles. The SMILES string of the molecule is NC(=S)CCc1nc2ccccc2s1. The predicted molar refractivity (Wildman–Crippen MR) is 64.7 cm³/mol. The summed E-state index contributed by atoms with van der Waals surface area (Å²) >= 11 is 6.54. The van der Waals surface area contributed by atoms with Gasteiger partial charge in [-0.3, -0.25) is 0 Å². The molecular weight excluding hydrogens is 212 g/mol. The van der Waals surface area contributed by atoms with Gasteiger partial charge < -0.3 is 5.73 Å². The van der Waals surface area contributed by atoms with Gasteiger partial charge in [0.1, 0.15) is 0 Å². The van der Waals surface area contributed by atoms with Crippen molar-refractivity contribution in [3.63, 3.8) is 0 Å². The van der Waals surface area contributed by atoms with E-state index in [0.717, 1.165) is 23.4 Å². The number of nitrogens with two attached hydrogens (primary N) is 1. The maximum Gasteiger partial charge on any atom is 0.0942 e. The van der Waals surface area contributed by atoms with Gasteiger partial charge in [-0.15, -0.1) is 11.3 Å². The minimum Gasteiger partial charge on any atom is -0.393 e. The van der Waals surface area contributed by atoms with E-state index in [2.05, 4.69) is 11.1 Å². The smallest absolute Gasteiger partial charge is 0.0942 e. The van der Waals surface area contributed by atoms with Crippen molar-refractivity contribution in [3.8, 4) is 0 Å². The second-order valence-corrected chi connectivity index (χ2v) is 4.68. The molecule has 14 heavy (non-hydrogen) atoms. The van der Waals surface area contributed by atoms with Crippen LogP contribution >= 0.6 is 23.6 Å². The van der Waals surface area contributed by atoms with Crippen LogP contribution < -0.4 is 5.73 Å². The van der Waals surface area contributed by atoms with Gasteiger partial charge in [0.2, 0.25) is 0 Å². The zero-order valence-corrected chi connectivity index (χ0v) is 9.20. The molecule has 2 N–H and O–H groups in total. The molecule has 0 aliphatic rings. The Labute approximate surface area is 91.8 Å². The van der Waals surface area contributed by atoms with E-state index in [0.29, 0.717) is 4.99 Å². The van der Waals surface area contributed by atoms with Crippen LogP contribution in [0.3, 0.4) is 0 Å². The van der Waals surface area contributed by atoms with E-state index in [4.69, 9.17) is 18.0 Å². The zero-order valence-electron chi connectivity index (χ0n) is 7.56. The first-order chi connectivity index (χ1) is 6.75. The van der Waals surface area contributed by atoms with Crippen molar-refractivity contribution < 1.29 is 0 Å². The van der Waals surface area contributed by atoms with Gasteiger partial charge in [-0.1, -0.05) is 24.4 Å². The molecule has 4 heteroatoms. The topological polar surface area (TPSA) is 38.9 Å². The quantitative estimate of drug-likeness (QED) is 0.811. The van der Waals surface area contributed by atoms with Crippen LogP contribution in [0.5, 0.6) is 0 Å². The maximum absolute atomic E-state index is 5.44. The number of nitrogens with zero attached hydrogens (tertiary/aromatic N) is 1. The minimum atomic E-state index is 0.559. The Hall–Kier alpha value is -1.00. The normalized spacial score (nSPS) is 10.6. The fourth-order valence-electron chi connectivity index (χ4n) is 1.26. The second-order valence-electron chi connectivity index (χ2n) is 3.04. The highest BCUT2D eigenvalue weighted by Crippen LogP contribution is 2.22. The summed E-state index contributed by atoms with van der Waals surface area (Å²) in [6.07, 6.45) is 1.60. The van der Waals surface area contributed by atoms with E-state index in [1.807, 2.05) is 18.2 Å². The van der Waals surface area contributed by atoms with Crippen LogP contribution in [0.2, 0.25) is 0 Å². The van der Waals surface area contributed by atoms with Crippen molar-refractivity contribution in [2.75, 3.05) is 0 Å². The number of rotatable bonds is 3. The van der Waals surface area contributed by atoms with Crippen LogP contribution in [-0.2, 0) is 6.42 Å². The lowest BCUT2D eigenvalue weighted by molar-refractivity contribution is 1.02. The predicted octanol–water partition coefficient (Wildman–Crippen LogP) is 2.52. The summed E-state index contributed by atoms with van der Waals surface area (Å²) in [6.45, 7) is 0. The van der Waals surface area contributed by atoms with Gasteiger partial charge in [-0.25, -0.2) is 4.98 Å². The third-order valence-corrected chi connectivity index (χ3v) is 3.22. The number of aromatic nitrogens is 1.